The molecule has 0 atom stereocenters. The van der Waals surface area contributed by atoms with Crippen molar-refractivity contribution in [1.29, 1.82) is 0 Å². The first-order chi connectivity index (χ1) is 14.2. The van der Waals surface area contributed by atoms with E-state index in [1.165, 1.54) is 56.4 Å². The predicted octanol–water partition coefficient (Wildman–Crippen LogP) is 6.16. The Balaban J connectivity index is 1.66. The summed E-state index contributed by atoms with van der Waals surface area (Å²) in [6.45, 7) is 8.95. The fourth-order valence-corrected chi connectivity index (χ4v) is 3.42. The lowest BCUT2D eigenvalue weighted by molar-refractivity contribution is 0.269. The van der Waals surface area contributed by atoms with Crippen molar-refractivity contribution in [1.82, 2.24) is 4.90 Å². The first kappa shape index (κ1) is 23.2. The van der Waals surface area contributed by atoms with E-state index in [2.05, 4.69) is 54.4 Å². The fraction of sp³-hybridized carbons (Fsp3) is 0.462. The molecule has 3 heteroatoms. The number of methoxy groups -OCH3 is 1. The molecule has 2 aromatic carbocycles. The van der Waals surface area contributed by atoms with E-state index in [0.29, 0.717) is 6.54 Å². The second kappa shape index (κ2) is 13.9. The molecule has 0 N–H and O–H groups in total. The number of benzene rings is 2. The van der Waals surface area contributed by atoms with E-state index in [4.69, 9.17) is 4.74 Å². The highest BCUT2D eigenvalue weighted by atomic mass is 16.5. The highest BCUT2D eigenvalue weighted by molar-refractivity contribution is 5.79. The molecular formula is C26H37N2O. The second-order valence-electron chi connectivity index (χ2n) is 7.53. The number of unbranched alkanes of at least 4 members (excludes halogenated alkanes) is 2. The van der Waals surface area contributed by atoms with Gasteiger partial charge >= 0.3 is 0 Å². The molecule has 2 rings (SSSR count). The summed E-state index contributed by atoms with van der Waals surface area (Å²) in [7, 11) is 1.68. The molecule has 2 aromatic rings. The van der Waals surface area contributed by atoms with E-state index in [1.54, 1.807) is 7.11 Å². The first-order valence-corrected chi connectivity index (χ1v) is 11.0. The van der Waals surface area contributed by atoms with E-state index < -0.39 is 0 Å². The minimum absolute atomic E-state index is 0.705. The summed E-state index contributed by atoms with van der Waals surface area (Å²) in [6.07, 6.45) is 10.5. The van der Waals surface area contributed by atoms with Crippen LogP contribution in [0, 0.1) is 6.42 Å². The smallest absolute Gasteiger partial charge is 0.118 e. The van der Waals surface area contributed by atoms with Crippen molar-refractivity contribution in [3.05, 3.63) is 71.6 Å². The molecule has 3 nitrogen and oxygen atoms in total. The lowest BCUT2D eigenvalue weighted by Crippen LogP contribution is -2.26. The van der Waals surface area contributed by atoms with Crippen molar-refractivity contribution in [2.75, 3.05) is 26.7 Å². The third kappa shape index (κ3) is 9.27. The summed E-state index contributed by atoms with van der Waals surface area (Å²) < 4.78 is 5.18. The minimum Gasteiger partial charge on any atom is -0.497 e. The third-order valence-electron chi connectivity index (χ3n) is 5.00. The number of nitrogens with zero attached hydrogens (tertiary/aromatic N) is 2. The molecule has 0 aliphatic carbocycles. The van der Waals surface area contributed by atoms with Crippen LogP contribution in [0.2, 0.25) is 0 Å². The quantitative estimate of drug-likeness (QED) is 0.284. The monoisotopic (exact) mass is 393 g/mol. The summed E-state index contributed by atoms with van der Waals surface area (Å²) in [5.74, 6) is 0.869. The Kier molecular flexibility index (Phi) is 11.1. The molecule has 0 bridgehead atoms. The van der Waals surface area contributed by atoms with Gasteiger partial charge in [-0.25, -0.2) is 0 Å². The van der Waals surface area contributed by atoms with E-state index in [9.17, 15) is 0 Å². The molecule has 0 aliphatic rings. The highest BCUT2D eigenvalue weighted by Crippen LogP contribution is 2.13. The van der Waals surface area contributed by atoms with Gasteiger partial charge in [-0.3, -0.25) is 4.99 Å². The molecule has 157 valence electrons. The van der Waals surface area contributed by atoms with Crippen LogP contribution in [0.4, 0.5) is 0 Å². The van der Waals surface area contributed by atoms with Gasteiger partial charge in [-0.15, -0.1) is 0 Å². The fourth-order valence-electron chi connectivity index (χ4n) is 3.42. The average molecular weight is 394 g/mol. The molecule has 0 fully saturated rings. The number of rotatable bonds is 14. The van der Waals surface area contributed by atoms with Gasteiger partial charge in [0.25, 0.3) is 0 Å². The van der Waals surface area contributed by atoms with Crippen LogP contribution >= 0.6 is 0 Å². The zero-order valence-corrected chi connectivity index (χ0v) is 18.4. The molecule has 0 unspecified atom stereocenters. The number of hydrogen-bond donors (Lipinski definition) is 0. The Morgan fingerprint density at radius 3 is 2.10 bits per heavy atom. The third-order valence-corrected chi connectivity index (χ3v) is 5.00. The SMILES string of the molecule is CCCN(CCC)CCCC[CH]c1ccc(CN=Cc2ccc(OC)cc2)cc1. The van der Waals surface area contributed by atoms with Crippen molar-refractivity contribution >= 4 is 6.21 Å². The largest absolute Gasteiger partial charge is 0.497 e. The maximum atomic E-state index is 5.18. The van der Waals surface area contributed by atoms with Crippen molar-refractivity contribution in [2.45, 2.75) is 52.5 Å². The molecule has 0 amide bonds. The summed E-state index contributed by atoms with van der Waals surface area (Å²) in [6, 6.07) is 16.7. The maximum absolute atomic E-state index is 5.18. The van der Waals surface area contributed by atoms with E-state index in [-0.39, 0.29) is 0 Å². The van der Waals surface area contributed by atoms with Gasteiger partial charge in [0.05, 0.1) is 13.7 Å². The van der Waals surface area contributed by atoms with Gasteiger partial charge in [-0.05, 0) is 92.7 Å². The van der Waals surface area contributed by atoms with Gasteiger partial charge in [-0.1, -0.05) is 44.5 Å². The van der Waals surface area contributed by atoms with Gasteiger partial charge in [0.2, 0.25) is 0 Å². The van der Waals surface area contributed by atoms with Gasteiger partial charge < -0.3 is 9.64 Å². The predicted molar refractivity (Wildman–Crippen MR) is 125 cm³/mol. The Hall–Kier alpha value is -2.13. The summed E-state index contributed by atoms with van der Waals surface area (Å²) in [5.41, 5.74) is 3.64. The van der Waals surface area contributed by atoms with Gasteiger partial charge in [0.15, 0.2) is 0 Å². The van der Waals surface area contributed by atoms with E-state index >= 15 is 0 Å². The molecule has 0 aliphatic heterocycles. The van der Waals surface area contributed by atoms with Crippen LogP contribution in [0.3, 0.4) is 0 Å². The van der Waals surface area contributed by atoms with Gasteiger partial charge in [0.1, 0.15) is 5.75 Å². The van der Waals surface area contributed by atoms with Crippen molar-refractivity contribution in [3.8, 4) is 5.75 Å². The highest BCUT2D eigenvalue weighted by Gasteiger charge is 2.02. The summed E-state index contributed by atoms with van der Waals surface area (Å²) >= 11 is 0. The van der Waals surface area contributed by atoms with Crippen LogP contribution in [0.1, 0.15) is 62.6 Å². The second-order valence-corrected chi connectivity index (χ2v) is 7.53. The topological polar surface area (TPSA) is 24.8 Å². The Morgan fingerprint density at radius 2 is 1.48 bits per heavy atom. The van der Waals surface area contributed by atoms with Crippen LogP contribution in [-0.2, 0) is 6.54 Å². The number of ether oxygens (including phenoxy) is 1. The normalized spacial score (nSPS) is 11.4. The van der Waals surface area contributed by atoms with Crippen LogP contribution in [-0.4, -0.2) is 37.9 Å². The zero-order chi connectivity index (χ0) is 20.7. The molecule has 0 spiro atoms. The standard InChI is InChI=1S/C26H37N2O/c1-4-18-28(19-5-2)20-8-6-7-9-23-10-12-24(13-11-23)21-27-22-25-14-16-26(29-3)17-15-25/h9-17,22H,4-8,18-21H2,1-3H3. The lowest BCUT2D eigenvalue weighted by Gasteiger charge is -2.20. The molecular weight excluding hydrogens is 356 g/mol. The first-order valence-electron chi connectivity index (χ1n) is 11.0. The van der Waals surface area contributed by atoms with Crippen LogP contribution in [0.15, 0.2) is 53.5 Å². The van der Waals surface area contributed by atoms with Crippen molar-refractivity contribution in [3.63, 3.8) is 0 Å². The molecule has 1 radical (unpaired) electrons. The average Bonchev–Trinajstić information content (AvgIpc) is 2.75. The summed E-state index contributed by atoms with van der Waals surface area (Å²) in [4.78, 5) is 7.15. The Morgan fingerprint density at radius 1 is 0.828 bits per heavy atom. The Bertz CT molecular complexity index is 686. The van der Waals surface area contributed by atoms with E-state index in [0.717, 1.165) is 17.7 Å². The van der Waals surface area contributed by atoms with Crippen molar-refractivity contribution in [2.24, 2.45) is 4.99 Å². The molecule has 0 saturated heterocycles. The molecule has 0 heterocycles. The van der Waals surface area contributed by atoms with Crippen LogP contribution in [0.5, 0.6) is 5.75 Å². The minimum atomic E-state index is 0.705. The van der Waals surface area contributed by atoms with Crippen molar-refractivity contribution < 1.29 is 4.74 Å². The van der Waals surface area contributed by atoms with Gasteiger partial charge in [-0.2, -0.15) is 0 Å². The number of aliphatic imine (C=N–C) groups is 1. The number of hydrogen-bond acceptors (Lipinski definition) is 3. The zero-order valence-electron chi connectivity index (χ0n) is 18.4. The van der Waals surface area contributed by atoms with E-state index in [1.807, 2.05) is 30.5 Å². The molecule has 29 heavy (non-hydrogen) atoms. The maximum Gasteiger partial charge on any atom is 0.118 e. The summed E-state index contributed by atoms with van der Waals surface area (Å²) in [5, 5.41) is 0. The van der Waals surface area contributed by atoms with Crippen LogP contribution < -0.4 is 4.74 Å². The molecule has 0 aromatic heterocycles. The lowest BCUT2D eigenvalue weighted by atomic mass is 10.0. The van der Waals surface area contributed by atoms with Crippen LogP contribution in [0.25, 0.3) is 0 Å². The molecule has 0 saturated carbocycles. The van der Waals surface area contributed by atoms with Gasteiger partial charge in [0, 0.05) is 6.21 Å². The Labute approximate surface area is 177 Å².